The average molecular weight is 303 g/mol. The van der Waals surface area contributed by atoms with Crippen molar-refractivity contribution in [3.63, 3.8) is 0 Å². The Bertz CT molecular complexity index is 494. The zero-order valence-corrected chi connectivity index (χ0v) is 13.1. The lowest BCUT2D eigenvalue weighted by Gasteiger charge is -2.40. The molecule has 1 spiro atoms. The van der Waals surface area contributed by atoms with Crippen molar-refractivity contribution < 1.29 is 9.53 Å². The lowest BCUT2D eigenvalue weighted by atomic mass is 9.79. The van der Waals surface area contributed by atoms with Crippen molar-refractivity contribution in [3.8, 4) is 0 Å². The molecule has 3 fully saturated rings. The van der Waals surface area contributed by atoms with E-state index in [-0.39, 0.29) is 17.6 Å². The summed E-state index contributed by atoms with van der Waals surface area (Å²) in [5.41, 5.74) is -0.00890. The molecule has 0 radical (unpaired) electrons. The third-order valence-electron chi connectivity index (χ3n) is 5.70. The molecule has 0 aromatic heterocycles. The Labute approximate surface area is 132 Å². The maximum absolute atomic E-state index is 12.1. The van der Waals surface area contributed by atoms with Crippen LogP contribution in [-0.2, 0) is 9.53 Å². The monoisotopic (exact) mass is 303 g/mol. The van der Waals surface area contributed by atoms with Crippen molar-refractivity contribution in [2.45, 2.75) is 50.2 Å². The van der Waals surface area contributed by atoms with E-state index in [0.29, 0.717) is 5.78 Å². The van der Waals surface area contributed by atoms with Crippen LogP contribution in [0.1, 0.15) is 38.5 Å². The van der Waals surface area contributed by atoms with Gasteiger partial charge >= 0.3 is 0 Å². The molecule has 4 rings (SSSR count). The second-order valence-electron chi connectivity index (χ2n) is 7.17. The molecule has 3 heterocycles. The number of ether oxygens (including phenoxy) is 1. The number of nitrogens with zero attached hydrogens (tertiary/aromatic N) is 3. The molecule has 0 amide bonds. The van der Waals surface area contributed by atoms with Gasteiger partial charge in [0.2, 0.25) is 0 Å². The minimum atomic E-state index is -0.00890. The van der Waals surface area contributed by atoms with Gasteiger partial charge in [-0.1, -0.05) is 0 Å². The van der Waals surface area contributed by atoms with E-state index in [1.807, 2.05) is 12.4 Å². The van der Waals surface area contributed by atoms with Crippen LogP contribution < -0.4 is 0 Å². The van der Waals surface area contributed by atoms with Gasteiger partial charge < -0.3 is 9.64 Å². The molecule has 0 aromatic rings. The van der Waals surface area contributed by atoms with Crippen LogP contribution in [0.15, 0.2) is 17.4 Å². The number of Topliss-reactive ketones (excluding diaryl/α,β-unsaturated/α-hetero) is 1. The van der Waals surface area contributed by atoms with Gasteiger partial charge in [-0.15, -0.1) is 0 Å². The van der Waals surface area contributed by atoms with Crippen LogP contribution in [0.4, 0.5) is 0 Å². The molecule has 0 N–H and O–H groups in total. The summed E-state index contributed by atoms with van der Waals surface area (Å²) in [6, 6.07) is 0. The third-order valence-corrected chi connectivity index (χ3v) is 5.70. The first-order valence-corrected chi connectivity index (χ1v) is 8.59. The van der Waals surface area contributed by atoms with E-state index < -0.39 is 0 Å². The number of aliphatic imine (C=N–C) groups is 1. The van der Waals surface area contributed by atoms with Crippen molar-refractivity contribution in [1.82, 2.24) is 9.80 Å². The average Bonchev–Trinajstić information content (AvgIpc) is 2.91. The fraction of sp³-hybridized carbons (Fsp3) is 0.765. The van der Waals surface area contributed by atoms with E-state index in [0.717, 1.165) is 64.8 Å². The maximum atomic E-state index is 12.1. The molecular weight excluding hydrogens is 278 g/mol. The normalized spacial score (nSPS) is 34.4. The Kier molecular flexibility index (Phi) is 3.78. The quantitative estimate of drug-likeness (QED) is 0.780. The van der Waals surface area contributed by atoms with Gasteiger partial charge in [0.15, 0.2) is 0 Å². The molecule has 2 unspecified atom stereocenters. The Balaban J connectivity index is 1.33. The smallest absolute Gasteiger partial charge is 0.138 e. The van der Waals surface area contributed by atoms with Gasteiger partial charge in [-0.2, -0.15) is 0 Å². The summed E-state index contributed by atoms with van der Waals surface area (Å²) in [6.45, 7) is 3.99. The lowest BCUT2D eigenvalue weighted by molar-refractivity contribution is -0.128. The topological polar surface area (TPSA) is 45.1 Å². The minimum absolute atomic E-state index is 0.00890. The summed E-state index contributed by atoms with van der Waals surface area (Å²) in [7, 11) is 0. The number of carbonyl (C=O) groups is 1. The summed E-state index contributed by atoms with van der Waals surface area (Å²) < 4.78 is 6.41. The zero-order chi connectivity index (χ0) is 15.0. The van der Waals surface area contributed by atoms with Gasteiger partial charge in [0.25, 0.3) is 0 Å². The number of hydrogen-bond acceptors (Lipinski definition) is 5. The fourth-order valence-electron chi connectivity index (χ4n) is 4.42. The van der Waals surface area contributed by atoms with E-state index in [4.69, 9.17) is 4.74 Å². The predicted molar refractivity (Wildman–Crippen MR) is 84.6 cm³/mol. The predicted octanol–water partition coefficient (Wildman–Crippen LogP) is 1.79. The molecule has 1 saturated carbocycles. The van der Waals surface area contributed by atoms with E-state index in [1.54, 1.807) is 0 Å². The van der Waals surface area contributed by atoms with Crippen molar-refractivity contribution in [1.29, 1.82) is 0 Å². The van der Waals surface area contributed by atoms with Gasteiger partial charge in [-0.25, -0.2) is 0 Å². The van der Waals surface area contributed by atoms with E-state index >= 15 is 0 Å². The highest BCUT2D eigenvalue weighted by molar-refractivity contribution is 5.82. The van der Waals surface area contributed by atoms with Gasteiger partial charge in [0.1, 0.15) is 5.78 Å². The summed E-state index contributed by atoms with van der Waals surface area (Å²) in [4.78, 5) is 21.0. The number of ketones is 1. The molecule has 0 aromatic carbocycles. The highest BCUT2D eigenvalue weighted by Gasteiger charge is 2.50. The van der Waals surface area contributed by atoms with Crippen molar-refractivity contribution in [2.24, 2.45) is 10.9 Å². The summed E-state index contributed by atoms with van der Waals surface area (Å²) in [5, 5.41) is 0. The SMILES string of the molecule is O=C1CCCC2OC3(CCN(CN4C=CN=CC4)CC3)CC12. The molecular formula is C17H25N3O2. The van der Waals surface area contributed by atoms with Gasteiger partial charge in [0, 0.05) is 44.0 Å². The van der Waals surface area contributed by atoms with Gasteiger partial charge in [-0.3, -0.25) is 14.7 Å². The van der Waals surface area contributed by atoms with Crippen molar-refractivity contribution in [3.05, 3.63) is 12.4 Å². The number of rotatable bonds is 2. The largest absolute Gasteiger partial charge is 0.371 e. The zero-order valence-electron chi connectivity index (χ0n) is 13.1. The van der Waals surface area contributed by atoms with Crippen LogP contribution in [0.5, 0.6) is 0 Å². The highest BCUT2D eigenvalue weighted by Crippen LogP contribution is 2.46. The van der Waals surface area contributed by atoms with Crippen LogP contribution in [-0.4, -0.2) is 59.8 Å². The second kappa shape index (κ2) is 5.78. The van der Waals surface area contributed by atoms with Crippen molar-refractivity contribution in [2.75, 3.05) is 26.3 Å². The molecule has 2 atom stereocenters. The molecule has 1 aliphatic carbocycles. The summed E-state index contributed by atoms with van der Waals surface area (Å²) in [6.07, 6.45) is 12.1. The van der Waals surface area contributed by atoms with Crippen LogP contribution >= 0.6 is 0 Å². The minimum Gasteiger partial charge on any atom is -0.371 e. The first-order chi connectivity index (χ1) is 10.7. The van der Waals surface area contributed by atoms with Crippen LogP contribution in [0, 0.1) is 5.92 Å². The van der Waals surface area contributed by atoms with E-state index in [9.17, 15) is 4.79 Å². The van der Waals surface area contributed by atoms with Crippen molar-refractivity contribution >= 4 is 12.0 Å². The number of likely N-dealkylation sites (tertiary alicyclic amines) is 1. The number of fused-ring (bicyclic) bond motifs is 1. The Hall–Kier alpha value is -1.20. The molecule has 2 saturated heterocycles. The molecule has 0 bridgehead atoms. The van der Waals surface area contributed by atoms with Crippen LogP contribution in [0.3, 0.4) is 0 Å². The number of carbonyl (C=O) groups excluding carboxylic acids is 1. The number of hydrogen-bond donors (Lipinski definition) is 0. The van der Waals surface area contributed by atoms with Crippen LogP contribution in [0.2, 0.25) is 0 Å². The molecule has 22 heavy (non-hydrogen) atoms. The van der Waals surface area contributed by atoms with E-state index in [1.165, 1.54) is 0 Å². The lowest BCUT2D eigenvalue weighted by Crippen LogP contribution is -2.47. The third kappa shape index (κ3) is 2.72. The first kappa shape index (κ1) is 14.4. The second-order valence-corrected chi connectivity index (χ2v) is 7.17. The fourth-order valence-corrected chi connectivity index (χ4v) is 4.42. The van der Waals surface area contributed by atoms with Gasteiger partial charge in [0.05, 0.1) is 24.9 Å². The highest BCUT2D eigenvalue weighted by atomic mass is 16.5. The Morgan fingerprint density at radius 1 is 1.36 bits per heavy atom. The molecule has 3 aliphatic heterocycles. The molecule has 5 nitrogen and oxygen atoms in total. The molecule has 4 aliphatic rings. The maximum Gasteiger partial charge on any atom is 0.138 e. The molecule has 120 valence electrons. The first-order valence-electron chi connectivity index (χ1n) is 8.59. The Morgan fingerprint density at radius 2 is 2.23 bits per heavy atom. The number of piperidine rings is 1. The standard InChI is InChI=1S/C17H25N3O2/c21-15-2-1-3-16-14(15)12-17(22-16)4-8-19(9-5-17)13-20-10-6-18-7-11-20/h6-7,10,14,16H,1-5,8-9,11-13H2. The van der Waals surface area contributed by atoms with Crippen LogP contribution in [0.25, 0.3) is 0 Å². The van der Waals surface area contributed by atoms with Gasteiger partial charge in [-0.05, 0) is 32.1 Å². The molecule has 5 heteroatoms. The summed E-state index contributed by atoms with van der Waals surface area (Å²) >= 11 is 0. The summed E-state index contributed by atoms with van der Waals surface area (Å²) in [5.74, 6) is 0.648. The van der Waals surface area contributed by atoms with E-state index in [2.05, 4.69) is 21.0 Å². The Morgan fingerprint density at radius 3 is 2.95 bits per heavy atom.